The van der Waals surface area contributed by atoms with E-state index >= 15 is 0 Å². The first-order valence-corrected chi connectivity index (χ1v) is 6.78. The van der Waals surface area contributed by atoms with Crippen molar-refractivity contribution in [1.29, 1.82) is 0 Å². The van der Waals surface area contributed by atoms with Crippen LogP contribution in [0.2, 0.25) is 0 Å². The molecule has 0 aliphatic carbocycles. The van der Waals surface area contributed by atoms with E-state index in [1.165, 1.54) is 0 Å². The first-order valence-electron chi connectivity index (χ1n) is 6.40. The van der Waals surface area contributed by atoms with E-state index in [-0.39, 0.29) is 6.79 Å². The highest BCUT2D eigenvalue weighted by atomic mass is 35.5. The van der Waals surface area contributed by atoms with E-state index in [4.69, 9.17) is 21.1 Å². The Balaban J connectivity index is 2.42. The van der Waals surface area contributed by atoms with E-state index in [0.29, 0.717) is 5.03 Å². The third kappa shape index (κ3) is 3.05. The first-order chi connectivity index (χ1) is 9.52. The predicted molar refractivity (Wildman–Crippen MR) is 83.9 cm³/mol. The Morgan fingerprint density at radius 1 is 1.25 bits per heavy atom. The van der Waals surface area contributed by atoms with Crippen LogP contribution in [0, 0.1) is 6.92 Å². The molecule has 0 unspecified atom stereocenters. The normalized spacial score (nSPS) is 15.8. The Hall–Kier alpha value is -1.74. The van der Waals surface area contributed by atoms with Crippen molar-refractivity contribution >= 4 is 23.4 Å². The highest BCUT2D eigenvalue weighted by Crippen LogP contribution is 2.37. The zero-order chi connectivity index (χ0) is 14.7. The minimum Gasteiger partial charge on any atom is -0.454 e. The van der Waals surface area contributed by atoms with Gasteiger partial charge in [0.1, 0.15) is 0 Å². The molecule has 0 spiro atoms. The molecule has 1 heterocycles. The molecule has 0 atom stereocenters. The van der Waals surface area contributed by atoms with Gasteiger partial charge in [-0.05, 0) is 61.3 Å². The van der Waals surface area contributed by atoms with Crippen LogP contribution in [0.1, 0.15) is 25.0 Å². The molecule has 1 aromatic carbocycles. The number of benzene rings is 1. The monoisotopic (exact) mass is 291 g/mol. The molecule has 0 saturated carbocycles. The largest absolute Gasteiger partial charge is 0.454 e. The van der Waals surface area contributed by atoms with Gasteiger partial charge in [-0.3, -0.25) is 4.99 Å². The summed E-state index contributed by atoms with van der Waals surface area (Å²) < 4.78 is 10.8. The van der Waals surface area contributed by atoms with Gasteiger partial charge >= 0.3 is 0 Å². The Morgan fingerprint density at radius 2 is 1.90 bits per heavy atom. The van der Waals surface area contributed by atoms with Crippen LogP contribution < -0.4 is 9.47 Å². The minimum atomic E-state index is 0.278. The Bertz CT molecular complexity index is 615. The van der Waals surface area contributed by atoms with Crippen molar-refractivity contribution in [2.45, 2.75) is 20.8 Å². The number of ether oxygens (including phenoxy) is 2. The Labute approximate surface area is 124 Å². The minimum absolute atomic E-state index is 0.278. The van der Waals surface area contributed by atoms with Crippen molar-refractivity contribution in [2.24, 2.45) is 4.99 Å². The fourth-order valence-electron chi connectivity index (χ4n) is 2.13. The standard InChI is InChI=1S/C16H18ClNO2/c1-10(8-18-4)5-14(17)12(3)13-7-16-15(6-11(13)2)19-9-20-16/h5-8H,9H2,1-4H3/b10-5-,14-12-,18-8+. The van der Waals surface area contributed by atoms with E-state index in [1.807, 2.05) is 39.0 Å². The molecule has 1 aliphatic rings. The number of fused-ring (bicyclic) bond motifs is 1. The van der Waals surface area contributed by atoms with Crippen LogP contribution in [0.15, 0.2) is 33.8 Å². The van der Waals surface area contributed by atoms with E-state index in [2.05, 4.69) is 4.99 Å². The van der Waals surface area contributed by atoms with Crippen LogP contribution >= 0.6 is 11.6 Å². The van der Waals surface area contributed by atoms with E-state index in [9.17, 15) is 0 Å². The molecule has 106 valence electrons. The number of halogens is 1. The molecule has 4 heteroatoms. The van der Waals surface area contributed by atoms with Gasteiger partial charge < -0.3 is 9.47 Å². The number of aryl methyl sites for hydroxylation is 1. The van der Waals surface area contributed by atoms with Gasteiger partial charge in [0.05, 0.1) is 0 Å². The number of nitrogens with zero attached hydrogens (tertiary/aromatic N) is 1. The Morgan fingerprint density at radius 3 is 2.55 bits per heavy atom. The van der Waals surface area contributed by atoms with Crippen molar-refractivity contribution in [3.8, 4) is 11.5 Å². The third-order valence-electron chi connectivity index (χ3n) is 3.17. The molecule has 0 amide bonds. The van der Waals surface area contributed by atoms with Crippen LogP contribution in [0.4, 0.5) is 0 Å². The van der Waals surface area contributed by atoms with Gasteiger partial charge in [-0.1, -0.05) is 11.6 Å². The van der Waals surface area contributed by atoms with Gasteiger partial charge in [0.15, 0.2) is 11.5 Å². The second kappa shape index (κ2) is 6.14. The molecule has 0 bridgehead atoms. The van der Waals surface area contributed by atoms with Crippen molar-refractivity contribution in [3.05, 3.63) is 39.9 Å². The summed E-state index contributed by atoms with van der Waals surface area (Å²) in [4.78, 5) is 3.97. The molecule has 1 aromatic rings. The van der Waals surface area contributed by atoms with Crippen molar-refractivity contribution in [3.63, 3.8) is 0 Å². The maximum Gasteiger partial charge on any atom is 0.231 e. The van der Waals surface area contributed by atoms with Crippen LogP contribution in [0.25, 0.3) is 5.57 Å². The van der Waals surface area contributed by atoms with E-state index < -0.39 is 0 Å². The average molecular weight is 292 g/mol. The lowest BCUT2D eigenvalue weighted by atomic mass is 10.00. The molecule has 1 aliphatic heterocycles. The second-order valence-electron chi connectivity index (χ2n) is 4.77. The third-order valence-corrected chi connectivity index (χ3v) is 3.56. The van der Waals surface area contributed by atoms with Gasteiger partial charge in [0.2, 0.25) is 6.79 Å². The first kappa shape index (κ1) is 14.7. The summed E-state index contributed by atoms with van der Waals surface area (Å²) in [7, 11) is 1.74. The highest BCUT2D eigenvalue weighted by molar-refractivity contribution is 6.34. The lowest BCUT2D eigenvalue weighted by molar-refractivity contribution is 0.174. The van der Waals surface area contributed by atoms with Gasteiger partial charge in [-0.25, -0.2) is 0 Å². The predicted octanol–water partition coefficient (Wildman–Crippen LogP) is 4.34. The zero-order valence-corrected chi connectivity index (χ0v) is 12.9. The van der Waals surface area contributed by atoms with Gasteiger partial charge in [0, 0.05) is 18.3 Å². The maximum absolute atomic E-state index is 6.39. The Kier molecular flexibility index (Phi) is 4.50. The summed E-state index contributed by atoms with van der Waals surface area (Å²) in [5, 5.41) is 0.698. The van der Waals surface area contributed by atoms with E-state index in [1.54, 1.807) is 13.3 Å². The second-order valence-corrected chi connectivity index (χ2v) is 5.18. The molecule has 2 rings (SSSR count). The summed E-state index contributed by atoms with van der Waals surface area (Å²) >= 11 is 6.39. The fourth-order valence-corrected chi connectivity index (χ4v) is 2.40. The quantitative estimate of drug-likeness (QED) is 0.612. The summed E-state index contributed by atoms with van der Waals surface area (Å²) in [6.45, 7) is 6.28. The van der Waals surface area contributed by atoms with Gasteiger partial charge in [-0.15, -0.1) is 0 Å². The number of allylic oxidation sites excluding steroid dienone is 4. The highest BCUT2D eigenvalue weighted by Gasteiger charge is 2.16. The SMILES string of the molecule is C/N=C/C(C)=C\C(Cl)=C(/C)c1cc2c(cc1C)OCO2. The molecule has 0 fully saturated rings. The maximum atomic E-state index is 6.39. The molecular formula is C16H18ClNO2. The smallest absolute Gasteiger partial charge is 0.231 e. The lowest BCUT2D eigenvalue weighted by Gasteiger charge is -2.09. The van der Waals surface area contributed by atoms with Gasteiger partial charge in [0.25, 0.3) is 0 Å². The molecule has 3 nitrogen and oxygen atoms in total. The molecule has 20 heavy (non-hydrogen) atoms. The van der Waals surface area contributed by atoms with Crippen LogP contribution in [-0.4, -0.2) is 20.1 Å². The molecule has 0 aromatic heterocycles. The van der Waals surface area contributed by atoms with Crippen molar-refractivity contribution in [1.82, 2.24) is 0 Å². The van der Waals surface area contributed by atoms with E-state index in [0.717, 1.165) is 33.8 Å². The van der Waals surface area contributed by atoms with Crippen LogP contribution in [0.5, 0.6) is 11.5 Å². The summed E-state index contributed by atoms with van der Waals surface area (Å²) in [6, 6.07) is 3.96. The molecule has 0 saturated heterocycles. The number of rotatable bonds is 3. The topological polar surface area (TPSA) is 30.8 Å². The fraction of sp³-hybridized carbons (Fsp3) is 0.312. The lowest BCUT2D eigenvalue weighted by Crippen LogP contribution is -1.92. The molecular weight excluding hydrogens is 274 g/mol. The average Bonchev–Trinajstić information content (AvgIpc) is 2.84. The molecule has 0 N–H and O–H groups in total. The number of hydrogen-bond acceptors (Lipinski definition) is 3. The number of aliphatic imine (C=N–C) groups is 1. The van der Waals surface area contributed by atoms with Gasteiger partial charge in [-0.2, -0.15) is 0 Å². The summed E-state index contributed by atoms with van der Waals surface area (Å²) in [5.74, 6) is 1.56. The van der Waals surface area contributed by atoms with Crippen molar-refractivity contribution in [2.75, 3.05) is 13.8 Å². The van der Waals surface area contributed by atoms with Crippen molar-refractivity contribution < 1.29 is 9.47 Å². The summed E-state index contributed by atoms with van der Waals surface area (Å²) in [6.07, 6.45) is 3.69. The zero-order valence-electron chi connectivity index (χ0n) is 12.2. The van der Waals surface area contributed by atoms with Crippen LogP contribution in [0.3, 0.4) is 0 Å². The van der Waals surface area contributed by atoms with Crippen LogP contribution in [-0.2, 0) is 0 Å². The summed E-state index contributed by atoms with van der Waals surface area (Å²) in [5.41, 5.74) is 4.19. The molecule has 0 radical (unpaired) electrons. The number of hydrogen-bond donors (Lipinski definition) is 0.